The number of para-hydroxylation sites is 1. The predicted molar refractivity (Wildman–Crippen MR) is 83.9 cm³/mol. The van der Waals surface area contributed by atoms with Crippen LogP contribution in [-0.2, 0) is 13.0 Å². The van der Waals surface area contributed by atoms with Crippen LogP contribution in [0.2, 0.25) is 5.02 Å². The third-order valence-electron chi connectivity index (χ3n) is 3.42. The minimum absolute atomic E-state index is 0.414. The highest BCUT2D eigenvalue weighted by Gasteiger charge is 2.19. The second-order valence-corrected chi connectivity index (χ2v) is 5.23. The molecule has 1 N–H and O–H groups in total. The molecule has 1 atom stereocenters. The van der Waals surface area contributed by atoms with Gasteiger partial charge in [0, 0.05) is 18.5 Å². The minimum atomic E-state index is -0.674. The van der Waals surface area contributed by atoms with Gasteiger partial charge in [0.05, 0.1) is 29.1 Å². The van der Waals surface area contributed by atoms with Crippen molar-refractivity contribution in [3.05, 3.63) is 46.2 Å². The van der Waals surface area contributed by atoms with Gasteiger partial charge in [-0.2, -0.15) is 5.10 Å². The van der Waals surface area contributed by atoms with Crippen LogP contribution in [0.5, 0.6) is 5.75 Å². The van der Waals surface area contributed by atoms with Crippen LogP contribution >= 0.6 is 11.6 Å². The number of hydrogen-bond donors (Lipinski definition) is 1. The lowest BCUT2D eigenvalue weighted by molar-refractivity contribution is 0.169. The van der Waals surface area contributed by atoms with E-state index in [4.69, 9.17) is 16.3 Å². The molecule has 0 fully saturated rings. The van der Waals surface area contributed by atoms with Crippen LogP contribution in [0.1, 0.15) is 36.9 Å². The number of benzene rings is 1. The molecule has 0 aliphatic rings. The fourth-order valence-corrected chi connectivity index (χ4v) is 2.61. The fourth-order valence-electron chi connectivity index (χ4n) is 2.40. The van der Waals surface area contributed by atoms with E-state index in [2.05, 4.69) is 5.10 Å². The Hall–Kier alpha value is -1.52. The molecular weight excluding hydrogens is 288 g/mol. The topological polar surface area (TPSA) is 47.3 Å². The molecule has 5 heteroatoms. The van der Waals surface area contributed by atoms with Crippen molar-refractivity contribution in [3.8, 4) is 5.75 Å². The highest BCUT2D eigenvalue weighted by molar-refractivity contribution is 6.31. The first-order valence-corrected chi connectivity index (χ1v) is 7.57. The van der Waals surface area contributed by atoms with Crippen LogP contribution in [0.3, 0.4) is 0 Å². The molecule has 2 aromatic rings. The Morgan fingerprint density at radius 3 is 2.71 bits per heavy atom. The maximum absolute atomic E-state index is 10.6. The largest absolute Gasteiger partial charge is 0.493 e. The predicted octanol–water partition coefficient (Wildman–Crippen LogP) is 3.54. The standard InChI is InChI=1S/C16H21ClN2O2/c1-4-19-13(16(17)11(3)18-19)10-14(20)12-8-6-7-9-15(12)21-5-2/h6-9,14,20H,4-5,10H2,1-3H3. The molecule has 0 amide bonds. The molecule has 21 heavy (non-hydrogen) atoms. The number of aromatic nitrogens is 2. The lowest BCUT2D eigenvalue weighted by Crippen LogP contribution is -2.10. The third-order valence-corrected chi connectivity index (χ3v) is 3.91. The molecule has 0 aliphatic carbocycles. The van der Waals surface area contributed by atoms with Gasteiger partial charge in [0.1, 0.15) is 5.75 Å². The van der Waals surface area contributed by atoms with Crippen molar-refractivity contribution in [2.24, 2.45) is 0 Å². The van der Waals surface area contributed by atoms with E-state index in [9.17, 15) is 5.11 Å². The monoisotopic (exact) mass is 308 g/mol. The van der Waals surface area contributed by atoms with E-state index in [1.807, 2.05) is 49.7 Å². The summed E-state index contributed by atoms with van der Waals surface area (Å²) in [5.41, 5.74) is 2.42. The van der Waals surface area contributed by atoms with Crippen molar-refractivity contribution in [1.29, 1.82) is 0 Å². The molecule has 1 heterocycles. The minimum Gasteiger partial charge on any atom is -0.493 e. The number of ether oxygens (including phenoxy) is 1. The van der Waals surface area contributed by atoms with Crippen LogP contribution in [0.25, 0.3) is 0 Å². The van der Waals surface area contributed by atoms with Gasteiger partial charge in [0.2, 0.25) is 0 Å². The molecule has 0 spiro atoms. The first-order chi connectivity index (χ1) is 10.1. The van der Waals surface area contributed by atoms with Crippen molar-refractivity contribution in [3.63, 3.8) is 0 Å². The summed E-state index contributed by atoms with van der Waals surface area (Å²) in [7, 11) is 0. The number of aliphatic hydroxyl groups excluding tert-OH is 1. The van der Waals surface area contributed by atoms with Gasteiger partial charge in [-0.15, -0.1) is 0 Å². The van der Waals surface area contributed by atoms with Gasteiger partial charge in [-0.3, -0.25) is 4.68 Å². The summed E-state index contributed by atoms with van der Waals surface area (Å²) in [5, 5.41) is 15.6. The van der Waals surface area contributed by atoms with Crippen LogP contribution < -0.4 is 4.74 Å². The van der Waals surface area contributed by atoms with Gasteiger partial charge in [0.15, 0.2) is 0 Å². The summed E-state index contributed by atoms with van der Waals surface area (Å²) >= 11 is 6.30. The second-order valence-electron chi connectivity index (χ2n) is 4.85. The van der Waals surface area contributed by atoms with Crippen molar-refractivity contribution < 1.29 is 9.84 Å². The van der Waals surface area contributed by atoms with Gasteiger partial charge in [-0.25, -0.2) is 0 Å². The molecule has 0 saturated heterocycles. The summed E-state index contributed by atoms with van der Waals surface area (Å²) in [6, 6.07) is 7.54. The Labute approximate surface area is 130 Å². The summed E-state index contributed by atoms with van der Waals surface area (Å²) in [6.07, 6.45) is -0.260. The van der Waals surface area contributed by atoms with E-state index in [1.54, 1.807) is 0 Å². The molecule has 2 rings (SSSR count). The van der Waals surface area contributed by atoms with Crippen LogP contribution in [0.15, 0.2) is 24.3 Å². The molecule has 1 aromatic carbocycles. The van der Waals surface area contributed by atoms with Gasteiger partial charge >= 0.3 is 0 Å². The van der Waals surface area contributed by atoms with E-state index >= 15 is 0 Å². The number of rotatable bonds is 6. The Morgan fingerprint density at radius 1 is 1.33 bits per heavy atom. The summed E-state index contributed by atoms with van der Waals surface area (Å²) < 4.78 is 7.41. The highest BCUT2D eigenvalue weighted by atomic mass is 35.5. The zero-order chi connectivity index (χ0) is 15.4. The van der Waals surface area contributed by atoms with E-state index in [0.717, 1.165) is 23.5 Å². The summed E-state index contributed by atoms with van der Waals surface area (Å²) in [5.74, 6) is 0.711. The average Bonchev–Trinajstić information content (AvgIpc) is 2.76. The highest BCUT2D eigenvalue weighted by Crippen LogP contribution is 2.30. The molecule has 0 aliphatic heterocycles. The Morgan fingerprint density at radius 2 is 2.05 bits per heavy atom. The van der Waals surface area contributed by atoms with E-state index in [1.165, 1.54) is 0 Å². The average molecular weight is 309 g/mol. The van der Waals surface area contributed by atoms with Crippen LogP contribution in [0.4, 0.5) is 0 Å². The molecule has 1 aromatic heterocycles. The zero-order valence-corrected chi connectivity index (χ0v) is 13.4. The quantitative estimate of drug-likeness (QED) is 0.888. The third kappa shape index (κ3) is 3.39. The number of nitrogens with zero attached hydrogens (tertiary/aromatic N) is 2. The summed E-state index contributed by atoms with van der Waals surface area (Å²) in [6.45, 7) is 7.10. The zero-order valence-electron chi connectivity index (χ0n) is 12.6. The normalized spacial score (nSPS) is 12.4. The van der Waals surface area contributed by atoms with Gasteiger partial charge in [-0.1, -0.05) is 29.8 Å². The number of halogens is 1. The van der Waals surface area contributed by atoms with E-state index < -0.39 is 6.10 Å². The second kappa shape index (κ2) is 6.96. The van der Waals surface area contributed by atoms with Crippen LogP contribution in [-0.4, -0.2) is 21.5 Å². The van der Waals surface area contributed by atoms with Crippen LogP contribution in [0, 0.1) is 6.92 Å². The molecule has 1 unspecified atom stereocenters. The lowest BCUT2D eigenvalue weighted by atomic mass is 10.0. The number of hydrogen-bond acceptors (Lipinski definition) is 3. The van der Waals surface area contributed by atoms with E-state index in [-0.39, 0.29) is 0 Å². The molecule has 0 radical (unpaired) electrons. The van der Waals surface area contributed by atoms with Gasteiger partial charge in [0.25, 0.3) is 0 Å². The fraction of sp³-hybridized carbons (Fsp3) is 0.438. The first kappa shape index (κ1) is 15.9. The molecule has 114 valence electrons. The van der Waals surface area contributed by atoms with Crippen molar-refractivity contribution in [2.45, 2.75) is 39.8 Å². The molecule has 4 nitrogen and oxygen atoms in total. The van der Waals surface area contributed by atoms with Crippen molar-refractivity contribution >= 4 is 11.6 Å². The van der Waals surface area contributed by atoms with Gasteiger partial charge < -0.3 is 9.84 Å². The molecular formula is C16H21ClN2O2. The lowest BCUT2D eigenvalue weighted by Gasteiger charge is -2.16. The van der Waals surface area contributed by atoms with E-state index in [0.29, 0.717) is 23.8 Å². The SMILES string of the molecule is CCOc1ccccc1C(O)Cc1c(Cl)c(C)nn1CC. The number of aryl methyl sites for hydroxylation is 2. The number of aliphatic hydroxyl groups is 1. The maximum atomic E-state index is 10.6. The molecule has 0 saturated carbocycles. The Bertz CT molecular complexity index is 610. The first-order valence-electron chi connectivity index (χ1n) is 7.20. The van der Waals surface area contributed by atoms with Gasteiger partial charge in [-0.05, 0) is 26.8 Å². The molecule has 0 bridgehead atoms. The van der Waals surface area contributed by atoms with Crippen molar-refractivity contribution in [2.75, 3.05) is 6.61 Å². The maximum Gasteiger partial charge on any atom is 0.125 e. The van der Waals surface area contributed by atoms with Crippen molar-refractivity contribution in [1.82, 2.24) is 9.78 Å². The Kier molecular flexibility index (Phi) is 5.26. The summed E-state index contributed by atoms with van der Waals surface area (Å²) in [4.78, 5) is 0. The Balaban J connectivity index is 2.28. The smallest absolute Gasteiger partial charge is 0.125 e.